The van der Waals surface area contributed by atoms with Gasteiger partial charge in [-0.2, -0.15) is 13.2 Å². The van der Waals surface area contributed by atoms with Gasteiger partial charge >= 0.3 is 6.18 Å². The second-order valence-electron chi connectivity index (χ2n) is 5.92. The van der Waals surface area contributed by atoms with Crippen LogP contribution in [0.5, 0.6) is 0 Å². The Kier molecular flexibility index (Phi) is 4.47. The quantitative estimate of drug-likeness (QED) is 0.646. The van der Waals surface area contributed by atoms with Crippen molar-refractivity contribution in [2.45, 2.75) is 40.8 Å². The van der Waals surface area contributed by atoms with Crippen molar-refractivity contribution in [1.82, 2.24) is 0 Å². The van der Waals surface area contributed by atoms with Crippen molar-refractivity contribution in [3.05, 3.63) is 47.2 Å². The largest absolute Gasteiger partial charge is 0.416 e. The zero-order valence-corrected chi connectivity index (χ0v) is 12.5. The molecule has 0 aromatic heterocycles. The lowest BCUT2D eigenvalue weighted by molar-refractivity contribution is -0.137. The molecule has 0 N–H and O–H groups in total. The third kappa shape index (κ3) is 3.95. The van der Waals surface area contributed by atoms with Crippen molar-refractivity contribution < 1.29 is 13.2 Å². The van der Waals surface area contributed by atoms with E-state index in [9.17, 15) is 13.2 Å². The lowest BCUT2D eigenvalue weighted by atomic mass is 9.93. The van der Waals surface area contributed by atoms with Crippen molar-refractivity contribution in [2.75, 3.05) is 0 Å². The fourth-order valence-corrected chi connectivity index (χ4v) is 1.68. The Morgan fingerprint density at radius 1 is 1.15 bits per heavy atom. The molecule has 0 aliphatic heterocycles. The first-order valence-electron chi connectivity index (χ1n) is 6.36. The average molecular weight is 283 g/mol. The number of rotatable bonds is 2. The molecule has 1 aromatic rings. The van der Waals surface area contributed by atoms with Gasteiger partial charge in [0.05, 0.1) is 5.56 Å². The summed E-state index contributed by atoms with van der Waals surface area (Å²) in [4.78, 5) is 4.41. The van der Waals surface area contributed by atoms with Crippen LogP contribution in [0, 0.1) is 12.3 Å². The van der Waals surface area contributed by atoms with E-state index in [1.165, 1.54) is 6.07 Å². The van der Waals surface area contributed by atoms with E-state index in [2.05, 4.69) is 11.6 Å². The summed E-state index contributed by atoms with van der Waals surface area (Å²) in [7, 11) is 0. The van der Waals surface area contributed by atoms with Gasteiger partial charge in [-0.1, -0.05) is 33.4 Å². The number of hydrogen-bond donors (Lipinski definition) is 0. The Morgan fingerprint density at radius 3 is 2.10 bits per heavy atom. The highest BCUT2D eigenvalue weighted by Crippen LogP contribution is 2.31. The number of aryl methyl sites for hydroxylation is 1. The number of hydrogen-bond acceptors (Lipinski definition) is 1. The molecule has 0 heterocycles. The summed E-state index contributed by atoms with van der Waals surface area (Å²) in [5.74, 6) is 0. The Labute approximate surface area is 118 Å². The second-order valence-corrected chi connectivity index (χ2v) is 5.92. The molecule has 0 saturated carbocycles. The molecule has 0 atom stereocenters. The Balaban J connectivity index is 3.16. The third-order valence-corrected chi connectivity index (χ3v) is 3.11. The molecule has 0 fully saturated rings. The van der Waals surface area contributed by atoms with Crippen LogP contribution in [0.15, 0.2) is 35.5 Å². The van der Waals surface area contributed by atoms with Gasteiger partial charge in [0.1, 0.15) is 0 Å². The molecule has 1 rings (SSSR count). The van der Waals surface area contributed by atoms with Crippen LogP contribution in [0.2, 0.25) is 0 Å². The number of alkyl halides is 3. The van der Waals surface area contributed by atoms with Gasteiger partial charge in [-0.25, -0.2) is 0 Å². The molecular weight excluding hydrogens is 263 g/mol. The van der Waals surface area contributed by atoms with Gasteiger partial charge in [-0.05, 0) is 37.1 Å². The summed E-state index contributed by atoms with van der Waals surface area (Å²) >= 11 is 0. The van der Waals surface area contributed by atoms with E-state index in [0.717, 1.165) is 12.1 Å². The fraction of sp³-hybridized carbons (Fsp3) is 0.438. The second kappa shape index (κ2) is 5.43. The van der Waals surface area contributed by atoms with Crippen molar-refractivity contribution in [3.63, 3.8) is 0 Å². The molecule has 0 aliphatic carbocycles. The molecule has 0 radical (unpaired) electrons. The molecule has 0 saturated heterocycles. The predicted octanol–water partition coefficient (Wildman–Crippen LogP) is 5.38. The van der Waals surface area contributed by atoms with E-state index in [1.807, 2.05) is 20.8 Å². The van der Waals surface area contributed by atoms with Crippen LogP contribution in [0.25, 0.3) is 0 Å². The maximum Gasteiger partial charge on any atom is 0.416 e. The summed E-state index contributed by atoms with van der Waals surface area (Å²) in [5.41, 5.74) is 1.85. The molecule has 1 nitrogen and oxygen atoms in total. The van der Waals surface area contributed by atoms with Gasteiger partial charge in [0, 0.05) is 16.8 Å². The van der Waals surface area contributed by atoms with Crippen molar-refractivity contribution in [3.8, 4) is 0 Å². The van der Waals surface area contributed by atoms with Crippen LogP contribution in [0.3, 0.4) is 0 Å². The molecule has 110 valence electrons. The lowest BCUT2D eigenvalue weighted by Crippen LogP contribution is -2.10. The van der Waals surface area contributed by atoms with E-state index in [-0.39, 0.29) is 5.41 Å². The van der Waals surface area contributed by atoms with Crippen molar-refractivity contribution >= 4 is 5.71 Å². The van der Waals surface area contributed by atoms with Gasteiger partial charge in [-0.15, -0.1) is 0 Å². The zero-order chi connectivity index (χ0) is 15.7. The maximum atomic E-state index is 12.6. The van der Waals surface area contributed by atoms with E-state index >= 15 is 0 Å². The first-order chi connectivity index (χ1) is 8.93. The van der Waals surface area contributed by atoms with Crippen LogP contribution >= 0.6 is 0 Å². The van der Waals surface area contributed by atoms with Gasteiger partial charge < -0.3 is 0 Å². The lowest BCUT2D eigenvalue weighted by Gasteiger charge is -2.19. The topological polar surface area (TPSA) is 12.4 Å². The fourth-order valence-electron chi connectivity index (χ4n) is 1.68. The van der Waals surface area contributed by atoms with Crippen LogP contribution in [-0.2, 0) is 6.18 Å². The smallest absolute Gasteiger partial charge is 0.258 e. The molecule has 0 aliphatic rings. The summed E-state index contributed by atoms with van der Waals surface area (Å²) < 4.78 is 37.9. The van der Waals surface area contributed by atoms with Gasteiger partial charge in [0.15, 0.2) is 0 Å². The minimum atomic E-state index is -4.32. The summed E-state index contributed by atoms with van der Waals surface area (Å²) in [6.45, 7) is 13.3. The highest BCUT2D eigenvalue weighted by Gasteiger charge is 2.30. The number of nitrogens with zero attached hydrogens (tertiary/aromatic N) is 1. The molecule has 4 heteroatoms. The zero-order valence-electron chi connectivity index (χ0n) is 12.5. The van der Waals surface area contributed by atoms with Gasteiger partial charge in [0.25, 0.3) is 0 Å². The predicted molar refractivity (Wildman–Crippen MR) is 77.0 cm³/mol. The highest BCUT2D eigenvalue weighted by atomic mass is 19.4. The Morgan fingerprint density at radius 2 is 1.70 bits per heavy atom. The summed E-state index contributed by atoms with van der Waals surface area (Å²) in [6.07, 6.45) is -4.32. The molecule has 0 bridgehead atoms. The molecule has 0 amide bonds. The average Bonchev–Trinajstić information content (AvgIpc) is 2.25. The van der Waals surface area contributed by atoms with E-state index in [4.69, 9.17) is 0 Å². The third-order valence-electron chi connectivity index (χ3n) is 3.11. The van der Waals surface area contributed by atoms with Crippen LogP contribution in [-0.4, -0.2) is 5.71 Å². The first-order valence-corrected chi connectivity index (χ1v) is 6.36. The van der Waals surface area contributed by atoms with E-state index in [0.29, 0.717) is 22.5 Å². The highest BCUT2D eigenvalue weighted by molar-refractivity contribution is 6.00. The minimum Gasteiger partial charge on any atom is -0.258 e. The van der Waals surface area contributed by atoms with Crippen LogP contribution in [0.1, 0.15) is 44.4 Å². The standard InChI is InChI=1S/C16H20F3N/c1-10-9-13(16(17,18)19)7-8-14(10)11(2)20-12(3)15(4,5)6/h7-9H,3H2,1-2,4-6H3/b20-11+. The Bertz CT molecular complexity index is 546. The summed E-state index contributed by atoms with van der Waals surface area (Å²) in [6, 6.07) is 3.70. The normalized spacial score (nSPS) is 13.5. The first kappa shape index (κ1) is 16.5. The van der Waals surface area contributed by atoms with Crippen LogP contribution < -0.4 is 0 Å². The number of benzene rings is 1. The van der Waals surface area contributed by atoms with Gasteiger partial charge in [-0.3, -0.25) is 4.99 Å². The van der Waals surface area contributed by atoms with Crippen molar-refractivity contribution in [1.29, 1.82) is 0 Å². The maximum absolute atomic E-state index is 12.6. The van der Waals surface area contributed by atoms with Gasteiger partial charge in [0.2, 0.25) is 0 Å². The SMILES string of the molecule is C=C(/N=C(\C)c1ccc(C(F)(F)F)cc1C)C(C)(C)C. The monoisotopic (exact) mass is 283 g/mol. The number of aliphatic imine (C=N–C) groups is 1. The number of halogens is 3. The van der Waals surface area contributed by atoms with Crippen molar-refractivity contribution in [2.24, 2.45) is 10.4 Å². The molecule has 0 spiro atoms. The molecular formula is C16H20F3N. The summed E-state index contributed by atoms with van der Waals surface area (Å²) in [5, 5.41) is 0. The van der Waals surface area contributed by atoms with E-state index in [1.54, 1.807) is 13.8 Å². The molecule has 20 heavy (non-hydrogen) atoms. The van der Waals surface area contributed by atoms with E-state index < -0.39 is 11.7 Å². The molecule has 1 aromatic carbocycles. The Hall–Kier alpha value is -1.58. The number of allylic oxidation sites excluding steroid dienone is 1. The molecule has 0 unspecified atom stereocenters. The minimum absolute atomic E-state index is 0.166. The van der Waals surface area contributed by atoms with Crippen LogP contribution in [0.4, 0.5) is 13.2 Å².